The second-order valence-electron chi connectivity index (χ2n) is 30.3. The molecule has 0 saturated heterocycles. The van der Waals surface area contributed by atoms with Crippen LogP contribution in [0.15, 0.2) is 167 Å². The van der Waals surface area contributed by atoms with Crippen molar-refractivity contribution in [2.24, 2.45) is 14.1 Å². The zero-order valence-corrected chi connectivity index (χ0v) is 74.1. The lowest BCUT2D eigenvalue weighted by molar-refractivity contribution is -0.146. The summed E-state index contributed by atoms with van der Waals surface area (Å²) in [5, 5.41) is 27.1. The van der Waals surface area contributed by atoms with Crippen LogP contribution < -0.4 is 63.3 Å². The van der Waals surface area contributed by atoms with E-state index in [-0.39, 0.29) is 99.5 Å². The van der Waals surface area contributed by atoms with Crippen molar-refractivity contribution in [2.45, 2.75) is 72.4 Å². The van der Waals surface area contributed by atoms with Gasteiger partial charge in [0, 0.05) is 57.3 Å². The summed E-state index contributed by atoms with van der Waals surface area (Å²) in [7, 11) is 20.7. The van der Waals surface area contributed by atoms with Gasteiger partial charge >= 0.3 is 19.1 Å². The number of esters is 2. The Kier molecular flexibility index (Phi) is 34.2. The number of aromatic nitrogens is 2. The Hall–Kier alpha value is -13.3. The van der Waals surface area contributed by atoms with E-state index in [1.54, 1.807) is 55.8 Å². The van der Waals surface area contributed by atoms with Crippen molar-refractivity contribution in [3.05, 3.63) is 242 Å². The number of carbonyl (C=O) groups excluding carboxylic acids is 5. The molecule has 0 unspecified atom stereocenters. The quantitative estimate of drug-likeness (QED) is 0.0177. The third-order valence-corrected chi connectivity index (χ3v) is 21.2. The van der Waals surface area contributed by atoms with Crippen LogP contribution in [0.3, 0.4) is 0 Å². The van der Waals surface area contributed by atoms with E-state index in [9.17, 15) is 32.8 Å². The maximum Gasteiger partial charge on any atom is 0.454 e. The molecule has 3 aliphatic rings. The molecule has 6 aromatic carbocycles. The molecule has 0 spiro atoms. The molecule has 9 aromatic rings. The lowest BCUT2D eigenvalue weighted by Gasteiger charge is -2.16. The van der Waals surface area contributed by atoms with Gasteiger partial charge in [0.2, 0.25) is 35.0 Å². The number of hydrogen-bond acceptors (Lipinski definition) is 22. The number of furan rings is 1. The second-order valence-corrected chi connectivity index (χ2v) is 30.3. The first-order chi connectivity index (χ1) is 60.5. The lowest BCUT2D eigenvalue weighted by atomic mass is 9.87. The van der Waals surface area contributed by atoms with Gasteiger partial charge in [0.15, 0.2) is 41.1 Å². The Morgan fingerprint density at radius 3 is 1.19 bits per heavy atom. The summed E-state index contributed by atoms with van der Waals surface area (Å²) in [5.41, 5.74) is 17.1. The van der Waals surface area contributed by atoms with Crippen LogP contribution in [0.1, 0.15) is 114 Å². The van der Waals surface area contributed by atoms with Crippen LogP contribution in [0.5, 0.6) is 57.5 Å². The summed E-state index contributed by atoms with van der Waals surface area (Å²) < 4.78 is 105. The fourth-order valence-electron chi connectivity index (χ4n) is 14.4. The number of likely N-dealkylation sites (N-methyl/N-ethyl adjacent to an activating group) is 2. The minimum atomic E-state index is -1.47. The highest BCUT2D eigenvalue weighted by Crippen LogP contribution is 2.50. The molecule has 126 heavy (non-hydrogen) atoms. The minimum absolute atomic E-state index is 0.0419. The first-order valence-corrected chi connectivity index (χ1v) is 40.8. The molecule has 0 bridgehead atoms. The van der Waals surface area contributed by atoms with Gasteiger partial charge in [-0.25, -0.2) is 13.6 Å². The number of rotatable bonds is 39. The molecule has 3 amide bonds. The first kappa shape index (κ1) is 95.0. The molecular formula is C96H110BF2N7O20. The predicted molar refractivity (Wildman–Crippen MR) is 480 cm³/mol. The topological polar surface area (TPSA) is 302 Å². The first-order valence-electron chi connectivity index (χ1n) is 40.8. The number of benzene rings is 6. The van der Waals surface area contributed by atoms with Crippen LogP contribution in [0.25, 0.3) is 51.7 Å². The van der Waals surface area contributed by atoms with Crippen molar-refractivity contribution >= 4 is 88.4 Å². The summed E-state index contributed by atoms with van der Waals surface area (Å²) in [6.07, 6.45) is 11.9. The SMILES string of the molecule is COc1cc(/C=C2/C(C)=C(CC(=O)NCc3cccn3C)c3cc(F)ccc32)cc(OC)c1OCC(=O)OCCN(C)C.COc1cc(/C=C2/C(C)=C(CC(=O)NCc3cccn3C)c3cc(F)ccc32)cc(OC)c1OCCC(=O)OCCN(C)C.COc1ccc2c(c1)C(CC(=O)NCc1ccco1)=C(C)/C2=C/c1cc(OC)c(OCCB(O)O)c(OC)c1. The molecular weight excluding hydrogens is 1620 g/mol. The number of aryl methyl sites for hydroxylation is 2. The van der Waals surface area contributed by atoms with Gasteiger partial charge in [-0.3, -0.25) is 19.2 Å². The largest absolute Gasteiger partial charge is 0.497 e. The van der Waals surface area contributed by atoms with Gasteiger partial charge in [-0.15, -0.1) is 0 Å². The van der Waals surface area contributed by atoms with Gasteiger partial charge in [0.1, 0.15) is 36.4 Å². The van der Waals surface area contributed by atoms with Crippen LogP contribution in [-0.4, -0.2) is 190 Å². The van der Waals surface area contributed by atoms with Crippen molar-refractivity contribution in [3.63, 3.8) is 0 Å². The Labute approximate surface area is 733 Å². The second kappa shape index (κ2) is 45.4. The number of amides is 3. The molecule has 0 aliphatic heterocycles. The molecule has 3 aromatic heterocycles. The summed E-state index contributed by atoms with van der Waals surface area (Å²) in [6, 6.07) is 37.2. The molecule has 5 N–H and O–H groups in total. The number of nitrogens with zero attached hydrogens (tertiary/aromatic N) is 4. The van der Waals surface area contributed by atoms with E-state index in [2.05, 4.69) is 16.0 Å². The maximum absolute atomic E-state index is 14.4. The number of nitrogens with one attached hydrogen (secondary N) is 3. The van der Waals surface area contributed by atoms with Crippen molar-refractivity contribution in [3.8, 4) is 57.5 Å². The van der Waals surface area contributed by atoms with Crippen LogP contribution in [0.4, 0.5) is 8.78 Å². The third kappa shape index (κ3) is 25.0. The number of carbonyl (C=O) groups is 5. The highest BCUT2D eigenvalue weighted by Gasteiger charge is 2.31. The number of ether oxygens (including phenoxy) is 12. The van der Waals surface area contributed by atoms with Crippen molar-refractivity contribution < 1.29 is 104 Å². The fraction of sp³-hybridized carbons (Fsp3) is 0.323. The maximum atomic E-state index is 14.4. The standard InChI is InChI=1S/C34H40FN3O6.C33H38FN3O6.C29H32BNO8/c1-22-27(26-10-9-24(35)19-29(26)28(22)20-32(39)36-21-25-8-7-12-38(25)4)16-23-17-30(41-5)34(31(18-23)42-6)44-14-11-33(40)43-15-13-37(2)3;1-21-26(14-22-15-29(40-5)33(30(16-22)41-6)43-20-32(39)42-13-12-36(2)3)25-10-9-23(34)17-28(25)27(21)18-31(38)35-19-24-8-7-11-37(24)4;1-18-23(12-19-13-26(36-3)29(27(14-19)37-4)39-11-9-30(33)34)22-8-7-20(35-2)15-25(22)24(18)16-28(32)31-17-21-6-5-10-38-21/h7-10,12,16-19H,11,13-15,20-21H2,1-6H3,(H,36,39);7-11,14-17H,12-13,18-20H2,1-6H3,(H,35,38);5-8,10,12-15,33-34H,9,11,16-17H2,1-4H3,(H,31,32)/b27-16-;26-14-;23-12-. The summed E-state index contributed by atoms with van der Waals surface area (Å²) in [6.45, 7) is 8.65. The van der Waals surface area contributed by atoms with Crippen LogP contribution >= 0.6 is 0 Å². The average Bonchev–Trinajstić information content (AvgIpc) is 1.62. The van der Waals surface area contributed by atoms with Crippen molar-refractivity contribution in [1.82, 2.24) is 34.9 Å². The molecule has 0 fully saturated rings. The zero-order chi connectivity index (χ0) is 90.8. The molecule has 0 radical (unpaired) electrons. The summed E-state index contributed by atoms with van der Waals surface area (Å²) >= 11 is 0. The summed E-state index contributed by atoms with van der Waals surface area (Å²) in [4.78, 5) is 66.9. The molecule has 27 nitrogen and oxygen atoms in total. The van der Waals surface area contributed by atoms with E-state index in [1.807, 2.05) is 173 Å². The average molecular weight is 1730 g/mol. The van der Waals surface area contributed by atoms with Gasteiger partial charge in [0.05, 0.1) is 115 Å². The molecule has 12 rings (SSSR count). The van der Waals surface area contributed by atoms with Crippen molar-refractivity contribution in [2.75, 3.05) is 124 Å². The molecule has 3 heterocycles. The highest BCUT2D eigenvalue weighted by molar-refractivity contribution is 6.41. The van der Waals surface area contributed by atoms with Gasteiger partial charge in [-0.2, -0.15) is 0 Å². The number of allylic oxidation sites excluding steroid dienone is 6. The van der Waals surface area contributed by atoms with E-state index in [0.717, 1.165) is 100 Å². The predicted octanol–water partition coefficient (Wildman–Crippen LogP) is 14.0. The Morgan fingerprint density at radius 2 is 0.825 bits per heavy atom. The molecule has 666 valence electrons. The van der Waals surface area contributed by atoms with E-state index in [1.165, 1.54) is 66.9 Å². The zero-order valence-electron chi connectivity index (χ0n) is 74.1. The van der Waals surface area contributed by atoms with Crippen LogP contribution in [-0.2, 0) is 67.2 Å². The molecule has 0 atom stereocenters. The van der Waals surface area contributed by atoms with E-state index >= 15 is 0 Å². The molecule has 30 heteroatoms. The number of fused-ring (bicyclic) bond motifs is 3. The van der Waals surface area contributed by atoms with E-state index in [0.29, 0.717) is 108 Å². The van der Waals surface area contributed by atoms with E-state index in [4.69, 9.17) is 71.3 Å². The van der Waals surface area contributed by atoms with Gasteiger partial charge < -0.3 is 106 Å². The minimum Gasteiger partial charge on any atom is -0.497 e. The summed E-state index contributed by atoms with van der Waals surface area (Å²) in [5.74, 6) is 2.86. The normalized spacial score (nSPS) is 13.3. The van der Waals surface area contributed by atoms with Crippen LogP contribution in [0.2, 0.25) is 6.32 Å². The molecule has 0 saturated carbocycles. The third-order valence-electron chi connectivity index (χ3n) is 21.2. The van der Waals surface area contributed by atoms with Gasteiger partial charge in [0.25, 0.3) is 0 Å². The van der Waals surface area contributed by atoms with E-state index < -0.39 is 13.1 Å². The number of halogens is 2. The van der Waals surface area contributed by atoms with Gasteiger partial charge in [-0.05, 0) is 277 Å². The smallest absolute Gasteiger partial charge is 0.454 e. The number of methoxy groups -OCH3 is 7. The highest BCUT2D eigenvalue weighted by atomic mass is 19.1. The fourth-order valence-corrected chi connectivity index (χ4v) is 14.4. The number of hydrogen-bond donors (Lipinski definition) is 5. The van der Waals surface area contributed by atoms with Crippen LogP contribution in [0, 0.1) is 11.6 Å². The lowest BCUT2D eigenvalue weighted by Crippen LogP contribution is -2.23. The Bertz CT molecular complexity index is 5510. The van der Waals surface area contributed by atoms with Crippen molar-refractivity contribution in [1.29, 1.82) is 0 Å². The van der Waals surface area contributed by atoms with Gasteiger partial charge in [-0.1, -0.05) is 18.2 Å². The molecule has 3 aliphatic carbocycles. The Morgan fingerprint density at radius 1 is 0.444 bits per heavy atom. The monoisotopic (exact) mass is 1730 g/mol. The Balaban J connectivity index is 0.000000198.